The van der Waals surface area contributed by atoms with Crippen LogP contribution in [0.3, 0.4) is 0 Å². The lowest BCUT2D eigenvalue weighted by Crippen LogP contribution is -2.32. The van der Waals surface area contributed by atoms with Gasteiger partial charge in [0.15, 0.2) is 0 Å². The molecule has 0 aliphatic carbocycles. The second-order valence-electron chi connectivity index (χ2n) is 3.67. The van der Waals surface area contributed by atoms with E-state index in [2.05, 4.69) is 15.9 Å². The summed E-state index contributed by atoms with van der Waals surface area (Å²) in [7, 11) is -3.65. The van der Waals surface area contributed by atoms with Gasteiger partial charge in [0.05, 0.1) is 17.0 Å². The van der Waals surface area contributed by atoms with Gasteiger partial charge in [-0.15, -0.1) is 0 Å². The lowest BCUT2D eigenvalue weighted by molar-refractivity contribution is 0.425. The zero-order chi connectivity index (χ0) is 14.3. The molecule has 0 saturated heterocycles. The highest BCUT2D eigenvalue weighted by molar-refractivity contribution is 9.10. The topological polar surface area (TPSA) is 85.0 Å². The number of hydrogen-bond acceptors (Lipinski definition) is 4. The van der Waals surface area contributed by atoms with E-state index in [0.29, 0.717) is 0 Å². The Balaban J connectivity index is 3.01. The fourth-order valence-corrected chi connectivity index (χ4v) is 3.16. The van der Waals surface area contributed by atoms with Crippen molar-refractivity contribution in [2.45, 2.75) is 17.7 Å². The van der Waals surface area contributed by atoms with Crippen molar-refractivity contribution < 1.29 is 8.42 Å². The second-order valence-corrected chi connectivity index (χ2v) is 6.53. The molecule has 0 fully saturated rings. The van der Waals surface area contributed by atoms with E-state index in [1.807, 2.05) is 12.1 Å². The van der Waals surface area contributed by atoms with Crippen LogP contribution in [0.25, 0.3) is 0 Å². The van der Waals surface area contributed by atoms with Gasteiger partial charge >= 0.3 is 0 Å². The van der Waals surface area contributed by atoms with Gasteiger partial charge < -0.3 is 0 Å². The van der Waals surface area contributed by atoms with Gasteiger partial charge in [-0.05, 0) is 24.3 Å². The molecule has 1 aromatic carbocycles. The minimum absolute atomic E-state index is 0.0938. The fraction of sp³-hybridized carbons (Fsp3) is 0.333. The van der Waals surface area contributed by atoms with E-state index in [1.54, 1.807) is 12.1 Å². The molecule has 1 aromatic rings. The molecule has 0 unspecified atom stereocenters. The average molecular weight is 342 g/mol. The average Bonchev–Trinajstić information content (AvgIpc) is 2.39. The van der Waals surface area contributed by atoms with Gasteiger partial charge in [-0.1, -0.05) is 15.9 Å². The first-order valence-electron chi connectivity index (χ1n) is 5.52. The largest absolute Gasteiger partial charge is 0.243 e. The third kappa shape index (κ3) is 4.32. The summed E-state index contributed by atoms with van der Waals surface area (Å²) in [4.78, 5) is 0.159. The normalized spacial score (nSPS) is 10.9. The lowest BCUT2D eigenvalue weighted by atomic mass is 10.4. The maximum Gasteiger partial charge on any atom is 0.243 e. The Hall–Kier alpha value is -1.41. The van der Waals surface area contributed by atoms with Crippen molar-refractivity contribution in [1.29, 1.82) is 10.5 Å². The SMILES string of the molecule is N#CCCN(CCC#N)S(=O)(=O)c1ccc(Br)cc1. The number of hydrogen-bond donors (Lipinski definition) is 0. The third-order valence-corrected chi connectivity index (χ3v) is 4.84. The molecule has 0 atom stereocenters. The molecule has 0 radical (unpaired) electrons. The van der Waals surface area contributed by atoms with Crippen LogP contribution in [0.2, 0.25) is 0 Å². The van der Waals surface area contributed by atoms with Crippen LogP contribution in [-0.2, 0) is 10.0 Å². The van der Waals surface area contributed by atoms with Crippen molar-refractivity contribution in [1.82, 2.24) is 4.31 Å². The number of halogens is 1. The first kappa shape index (κ1) is 15.6. The molecule has 0 aliphatic heterocycles. The van der Waals surface area contributed by atoms with Crippen LogP contribution in [0.5, 0.6) is 0 Å². The first-order valence-corrected chi connectivity index (χ1v) is 7.75. The molecule has 0 saturated carbocycles. The standard InChI is InChI=1S/C12H12BrN3O2S/c13-11-3-5-12(6-4-11)19(17,18)16(9-1-7-14)10-2-8-15/h3-6H,1-2,9-10H2. The van der Waals surface area contributed by atoms with Gasteiger partial charge in [-0.2, -0.15) is 14.8 Å². The molecule has 0 amide bonds. The molecular weight excluding hydrogens is 330 g/mol. The number of nitrogens with zero attached hydrogens (tertiary/aromatic N) is 3. The molecule has 100 valence electrons. The van der Waals surface area contributed by atoms with Crippen LogP contribution in [0.1, 0.15) is 12.8 Å². The Kier molecular flexibility index (Phi) is 5.97. The monoisotopic (exact) mass is 341 g/mol. The summed E-state index contributed by atoms with van der Waals surface area (Å²) in [5.74, 6) is 0. The smallest absolute Gasteiger partial charge is 0.207 e. The highest BCUT2D eigenvalue weighted by Crippen LogP contribution is 2.19. The predicted octanol–water partition coefficient (Wildman–Crippen LogP) is 2.27. The van der Waals surface area contributed by atoms with Crippen molar-refractivity contribution in [3.8, 4) is 12.1 Å². The molecule has 7 heteroatoms. The van der Waals surface area contributed by atoms with E-state index in [0.717, 1.165) is 4.47 Å². The van der Waals surface area contributed by atoms with Crippen LogP contribution >= 0.6 is 15.9 Å². The highest BCUT2D eigenvalue weighted by atomic mass is 79.9. The fourth-order valence-electron chi connectivity index (χ4n) is 1.46. The Morgan fingerprint density at radius 3 is 1.95 bits per heavy atom. The van der Waals surface area contributed by atoms with E-state index in [-0.39, 0.29) is 30.8 Å². The summed E-state index contributed by atoms with van der Waals surface area (Å²) >= 11 is 3.24. The van der Waals surface area contributed by atoms with E-state index in [9.17, 15) is 8.42 Å². The zero-order valence-electron chi connectivity index (χ0n) is 10.1. The van der Waals surface area contributed by atoms with Crippen LogP contribution in [0.4, 0.5) is 0 Å². The quantitative estimate of drug-likeness (QED) is 0.794. The molecule has 0 heterocycles. The molecule has 0 bridgehead atoms. The Morgan fingerprint density at radius 2 is 1.53 bits per heavy atom. The summed E-state index contributed by atoms with van der Waals surface area (Å²) in [5, 5.41) is 17.1. The van der Waals surface area contributed by atoms with Crippen molar-refractivity contribution in [2.24, 2.45) is 0 Å². The van der Waals surface area contributed by atoms with E-state index < -0.39 is 10.0 Å². The van der Waals surface area contributed by atoms with Crippen molar-refractivity contribution in [3.63, 3.8) is 0 Å². The third-order valence-electron chi connectivity index (χ3n) is 2.40. The number of nitriles is 2. The molecule has 1 rings (SSSR count). The molecule has 0 spiro atoms. The Labute approximate surface area is 121 Å². The highest BCUT2D eigenvalue weighted by Gasteiger charge is 2.23. The molecule has 0 N–H and O–H groups in total. The lowest BCUT2D eigenvalue weighted by Gasteiger charge is -2.19. The molecule has 0 aliphatic rings. The van der Waals surface area contributed by atoms with Gasteiger partial charge in [0.1, 0.15) is 0 Å². The summed E-state index contributed by atoms with van der Waals surface area (Å²) in [6.45, 7) is 0.188. The predicted molar refractivity (Wildman–Crippen MR) is 73.4 cm³/mol. The summed E-state index contributed by atoms with van der Waals surface area (Å²) in [6.07, 6.45) is 0.197. The van der Waals surface area contributed by atoms with Crippen molar-refractivity contribution in [2.75, 3.05) is 13.1 Å². The van der Waals surface area contributed by atoms with E-state index >= 15 is 0 Å². The van der Waals surface area contributed by atoms with Crippen molar-refractivity contribution in [3.05, 3.63) is 28.7 Å². The minimum atomic E-state index is -3.65. The van der Waals surface area contributed by atoms with Crippen LogP contribution in [0.15, 0.2) is 33.6 Å². The van der Waals surface area contributed by atoms with E-state index in [1.165, 1.54) is 16.4 Å². The molecular formula is C12H12BrN3O2S. The first-order chi connectivity index (χ1) is 9.02. The minimum Gasteiger partial charge on any atom is -0.207 e. The maximum atomic E-state index is 12.3. The zero-order valence-corrected chi connectivity index (χ0v) is 12.5. The van der Waals surface area contributed by atoms with Gasteiger partial charge in [0.2, 0.25) is 10.0 Å². The Morgan fingerprint density at radius 1 is 1.05 bits per heavy atom. The molecule has 19 heavy (non-hydrogen) atoms. The number of benzene rings is 1. The van der Waals surface area contributed by atoms with Gasteiger partial charge in [-0.3, -0.25) is 0 Å². The number of rotatable bonds is 6. The summed E-state index contributed by atoms with van der Waals surface area (Å²) < 4.78 is 26.6. The van der Waals surface area contributed by atoms with Crippen molar-refractivity contribution >= 4 is 26.0 Å². The van der Waals surface area contributed by atoms with Crippen LogP contribution < -0.4 is 0 Å². The van der Waals surface area contributed by atoms with Crippen LogP contribution in [0, 0.1) is 22.7 Å². The molecule has 0 aromatic heterocycles. The summed E-state index contributed by atoms with van der Waals surface area (Å²) in [6, 6.07) is 10.1. The summed E-state index contributed by atoms with van der Waals surface area (Å²) in [5.41, 5.74) is 0. The van der Waals surface area contributed by atoms with Gasteiger partial charge in [0.25, 0.3) is 0 Å². The second kappa shape index (κ2) is 7.25. The Bertz CT molecular complexity index is 581. The van der Waals surface area contributed by atoms with Crippen LogP contribution in [-0.4, -0.2) is 25.8 Å². The van der Waals surface area contributed by atoms with Gasteiger partial charge in [-0.25, -0.2) is 8.42 Å². The number of sulfonamides is 1. The maximum absolute atomic E-state index is 12.3. The van der Waals surface area contributed by atoms with E-state index in [4.69, 9.17) is 10.5 Å². The van der Waals surface area contributed by atoms with Gasteiger partial charge in [0, 0.05) is 30.4 Å². The molecule has 5 nitrogen and oxygen atoms in total.